The van der Waals surface area contributed by atoms with Crippen molar-refractivity contribution in [2.45, 2.75) is 23.7 Å². The summed E-state index contributed by atoms with van der Waals surface area (Å²) < 4.78 is 0. The van der Waals surface area contributed by atoms with Crippen molar-refractivity contribution in [1.29, 1.82) is 0 Å². The maximum Gasteiger partial charge on any atom is 0.139 e. The molecule has 4 atom stereocenters. The number of hydrogen-bond donors (Lipinski definition) is 0. The van der Waals surface area contributed by atoms with Crippen molar-refractivity contribution < 1.29 is 0 Å². The molecule has 2 saturated carbocycles. The summed E-state index contributed by atoms with van der Waals surface area (Å²) in [5.41, 5.74) is 11.2. The Morgan fingerprint density at radius 2 is 0.872 bits per heavy atom. The predicted octanol–water partition coefficient (Wildman–Crippen LogP) is 10.4. The maximum absolute atomic E-state index is 5.30. The van der Waals surface area contributed by atoms with Gasteiger partial charge in [-0.25, -0.2) is 9.97 Å². The molecule has 224 valence electrons. The van der Waals surface area contributed by atoms with Gasteiger partial charge in [0.15, 0.2) is 0 Å². The highest BCUT2D eigenvalue weighted by Crippen LogP contribution is 2.62. The van der Waals surface area contributed by atoms with E-state index >= 15 is 0 Å². The molecule has 13 rings (SSSR count). The maximum atomic E-state index is 5.30. The molecule has 8 aliphatic rings. The minimum atomic E-state index is 0.349. The van der Waals surface area contributed by atoms with Gasteiger partial charge in [-0.1, -0.05) is 103 Å². The molecule has 2 fully saturated rings. The highest BCUT2D eigenvalue weighted by atomic mass is 15.2. The molecule has 0 N–H and O–H groups in total. The zero-order valence-electron chi connectivity index (χ0n) is 25.9. The van der Waals surface area contributed by atoms with Gasteiger partial charge in [0.2, 0.25) is 0 Å². The molecule has 3 heteroatoms. The number of anilines is 3. The van der Waals surface area contributed by atoms with Crippen LogP contribution in [0.5, 0.6) is 0 Å². The summed E-state index contributed by atoms with van der Waals surface area (Å²) in [5, 5.41) is 0. The van der Waals surface area contributed by atoms with Gasteiger partial charge in [0.25, 0.3) is 0 Å². The van der Waals surface area contributed by atoms with Crippen LogP contribution in [-0.2, 0) is 0 Å². The molecule has 2 aromatic heterocycles. The van der Waals surface area contributed by atoms with Gasteiger partial charge in [-0.3, -0.25) is 4.90 Å². The van der Waals surface area contributed by atoms with Crippen molar-refractivity contribution >= 4 is 17.3 Å². The van der Waals surface area contributed by atoms with E-state index in [0.29, 0.717) is 47.3 Å². The Hall–Kier alpha value is -5.28. The Bertz CT molecular complexity index is 2050. The lowest BCUT2D eigenvalue weighted by Gasteiger charge is -2.24. The molecular weight excluding hydrogens is 571 g/mol. The van der Waals surface area contributed by atoms with Crippen molar-refractivity contribution in [3.63, 3.8) is 0 Å². The molecule has 3 aromatic carbocycles. The first-order chi connectivity index (χ1) is 23.3. The molecule has 2 heterocycles. The van der Waals surface area contributed by atoms with Gasteiger partial charge in [0.1, 0.15) is 11.6 Å². The lowest BCUT2D eigenvalue weighted by atomic mass is 9.91. The Labute approximate surface area is 275 Å². The van der Waals surface area contributed by atoms with Crippen LogP contribution in [0.1, 0.15) is 45.9 Å². The highest BCUT2D eigenvalue weighted by Gasteiger charge is 2.52. The number of pyridine rings is 2. The van der Waals surface area contributed by atoms with Crippen LogP contribution in [0.25, 0.3) is 22.5 Å². The smallest absolute Gasteiger partial charge is 0.139 e. The zero-order chi connectivity index (χ0) is 30.6. The topological polar surface area (TPSA) is 29.0 Å². The number of para-hydroxylation sites is 1. The molecule has 0 radical (unpaired) electrons. The lowest BCUT2D eigenvalue weighted by Crippen LogP contribution is -2.13. The number of aromatic nitrogens is 2. The van der Waals surface area contributed by atoms with E-state index in [-0.39, 0.29) is 0 Å². The second-order valence-electron chi connectivity index (χ2n) is 14.1. The fraction of sp³-hybridized carbons (Fsp3) is 0.182. The van der Waals surface area contributed by atoms with Crippen molar-refractivity contribution in [1.82, 2.24) is 9.97 Å². The molecule has 0 aliphatic heterocycles. The molecule has 0 spiro atoms. The van der Waals surface area contributed by atoms with Crippen LogP contribution in [0.3, 0.4) is 0 Å². The van der Waals surface area contributed by atoms with Crippen LogP contribution in [0.2, 0.25) is 0 Å². The van der Waals surface area contributed by atoms with Gasteiger partial charge in [0, 0.05) is 28.7 Å². The van der Waals surface area contributed by atoms with Crippen molar-refractivity contribution in [2.24, 2.45) is 23.7 Å². The third-order valence-corrected chi connectivity index (χ3v) is 11.6. The van der Waals surface area contributed by atoms with Crippen molar-refractivity contribution in [3.8, 4) is 22.5 Å². The Morgan fingerprint density at radius 1 is 0.404 bits per heavy atom. The minimum absolute atomic E-state index is 0.349. The van der Waals surface area contributed by atoms with E-state index in [1.807, 2.05) is 0 Å². The number of hydrogen-bond acceptors (Lipinski definition) is 3. The van der Waals surface area contributed by atoms with Gasteiger partial charge in [-0.05, 0) is 106 Å². The van der Waals surface area contributed by atoms with Crippen LogP contribution in [0.15, 0.2) is 152 Å². The molecule has 5 aromatic rings. The standard InChI is InChI=1S/C44H33N3/c1-2-6-30(7-3-1)47(41-10-4-8-39(45-41)28-16-22-35-37(24-28)26-12-18-31-32(19-13-26)43(31)35)42-11-5-9-40(46-42)29-17-23-36-38(25-29)27-14-20-33-34(21-15-27)44(33)36/h1-27,31-34,43-44H. The molecule has 0 amide bonds. The second-order valence-corrected chi connectivity index (χ2v) is 14.1. The SMILES string of the molecule is C1=CC2C3C=CC1c1cc(-c4cccc(N(c5ccccc5)c5cccc(-c6ccc7c(c6)C6C=CC8C(C=C6)C78)n5)n4)ccc1C23. The average molecular weight is 604 g/mol. The summed E-state index contributed by atoms with van der Waals surface area (Å²) in [6.07, 6.45) is 19.4. The van der Waals surface area contributed by atoms with Gasteiger partial charge in [-0.2, -0.15) is 0 Å². The summed E-state index contributed by atoms with van der Waals surface area (Å²) in [6, 6.07) is 37.2. The molecule has 0 saturated heterocycles. The summed E-state index contributed by atoms with van der Waals surface area (Å²) in [6.45, 7) is 0. The second kappa shape index (κ2) is 9.62. The van der Waals surface area contributed by atoms with Gasteiger partial charge < -0.3 is 0 Å². The molecule has 8 bridgehead atoms. The van der Waals surface area contributed by atoms with E-state index < -0.39 is 0 Å². The monoisotopic (exact) mass is 603 g/mol. The fourth-order valence-corrected chi connectivity index (χ4v) is 9.10. The largest absolute Gasteiger partial charge is 0.279 e. The number of rotatable bonds is 5. The predicted molar refractivity (Wildman–Crippen MR) is 189 cm³/mol. The lowest BCUT2D eigenvalue weighted by molar-refractivity contribution is 1.00. The van der Waals surface area contributed by atoms with E-state index in [1.54, 1.807) is 0 Å². The minimum Gasteiger partial charge on any atom is -0.279 e. The van der Waals surface area contributed by atoms with E-state index in [9.17, 15) is 0 Å². The first-order valence-electron chi connectivity index (χ1n) is 17.1. The van der Waals surface area contributed by atoms with Gasteiger partial charge in [-0.15, -0.1) is 0 Å². The number of nitrogens with zero attached hydrogens (tertiary/aromatic N) is 3. The van der Waals surface area contributed by atoms with Crippen LogP contribution < -0.4 is 4.90 Å². The fourth-order valence-electron chi connectivity index (χ4n) is 9.10. The van der Waals surface area contributed by atoms with Gasteiger partial charge in [0.05, 0.1) is 11.4 Å². The summed E-state index contributed by atoms with van der Waals surface area (Å²) in [4.78, 5) is 12.8. The van der Waals surface area contributed by atoms with Gasteiger partial charge >= 0.3 is 0 Å². The van der Waals surface area contributed by atoms with Crippen LogP contribution in [0.4, 0.5) is 17.3 Å². The summed E-state index contributed by atoms with van der Waals surface area (Å²) >= 11 is 0. The number of benzene rings is 3. The van der Waals surface area contributed by atoms with Crippen molar-refractivity contribution in [3.05, 3.63) is 174 Å². The first kappa shape index (κ1) is 25.9. The van der Waals surface area contributed by atoms with Crippen LogP contribution in [-0.4, -0.2) is 9.97 Å². The van der Waals surface area contributed by atoms with E-state index in [1.165, 1.54) is 22.3 Å². The quantitative estimate of drug-likeness (QED) is 0.187. The zero-order valence-corrected chi connectivity index (χ0v) is 25.9. The van der Waals surface area contributed by atoms with E-state index in [0.717, 1.165) is 39.8 Å². The third-order valence-electron chi connectivity index (χ3n) is 11.6. The van der Waals surface area contributed by atoms with Crippen molar-refractivity contribution in [2.75, 3.05) is 4.90 Å². The molecular formula is C44H33N3. The Kier molecular flexibility index (Phi) is 5.29. The average Bonchev–Trinajstić information content (AvgIpc) is 4.01. The van der Waals surface area contributed by atoms with E-state index in [2.05, 4.69) is 157 Å². The summed E-state index contributed by atoms with van der Waals surface area (Å²) in [7, 11) is 0. The molecule has 3 nitrogen and oxygen atoms in total. The Morgan fingerprint density at radius 3 is 1.34 bits per heavy atom. The molecule has 47 heavy (non-hydrogen) atoms. The summed E-state index contributed by atoms with van der Waals surface area (Å²) in [5.74, 6) is 6.37. The van der Waals surface area contributed by atoms with Crippen LogP contribution in [0, 0.1) is 23.7 Å². The first-order valence-corrected chi connectivity index (χ1v) is 17.1. The third kappa shape index (κ3) is 3.92. The number of allylic oxidation sites excluding steroid dienone is 8. The Balaban J connectivity index is 0.990. The normalized spacial score (nSPS) is 28.9. The molecule has 4 unspecified atom stereocenters. The van der Waals surface area contributed by atoms with E-state index in [4.69, 9.17) is 9.97 Å². The van der Waals surface area contributed by atoms with Crippen LogP contribution >= 0.6 is 0 Å². The highest BCUT2D eigenvalue weighted by molar-refractivity contribution is 5.76. The molecule has 8 aliphatic carbocycles.